The number of benzene rings is 1. The van der Waals surface area contributed by atoms with Crippen molar-refractivity contribution in [3.05, 3.63) is 35.4 Å². The van der Waals surface area contributed by atoms with E-state index in [1.807, 2.05) is 5.32 Å². The van der Waals surface area contributed by atoms with Gasteiger partial charge in [0.15, 0.2) is 0 Å². The van der Waals surface area contributed by atoms with Crippen LogP contribution in [0.5, 0.6) is 0 Å². The molecule has 1 aromatic rings. The zero-order chi connectivity index (χ0) is 16.9. The molecule has 1 rings (SSSR count). The molecule has 1 amide bonds. The minimum Gasteiger partial charge on any atom is -0.480 e. The summed E-state index contributed by atoms with van der Waals surface area (Å²) < 4.78 is 38.5. The van der Waals surface area contributed by atoms with Gasteiger partial charge < -0.3 is 10.4 Å². The number of nitrogens with zero attached hydrogens (tertiary/aromatic N) is 1. The van der Waals surface area contributed by atoms with E-state index in [0.29, 0.717) is 0 Å². The first-order chi connectivity index (χ1) is 10.2. The van der Waals surface area contributed by atoms with Gasteiger partial charge in [0.25, 0.3) is 5.91 Å². The van der Waals surface area contributed by atoms with Crippen molar-refractivity contribution >= 4 is 11.9 Å². The molecule has 0 aliphatic rings. The average Bonchev–Trinajstić information content (AvgIpc) is 2.43. The van der Waals surface area contributed by atoms with E-state index in [-0.39, 0.29) is 6.42 Å². The van der Waals surface area contributed by atoms with Crippen LogP contribution in [0.25, 0.3) is 0 Å². The van der Waals surface area contributed by atoms with E-state index in [4.69, 9.17) is 10.4 Å². The van der Waals surface area contributed by atoms with Crippen molar-refractivity contribution in [2.75, 3.05) is 0 Å². The molecule has 1 aromatic carbocycles. The lowest BCUT2D eigenvalue weighted by atomic mass is 9.98. The van der Waals surface area contributed by atoms with E-state index >= 15 is 0 Å². The van der Waals surface area contributed by atoms with E-state index in [1.165, 1.54) is 13.0 Å². The minimum absolute atomic E-state index is 0.155. The summed E-state index contributed by atoms with van der Waals surface area (Å²) in [5.41, 5.74) is -1.81. The Balaban J connectivity index is 3.07. The Morgan fingerprint density at radius 1 is 1.36 bits per heavy atom. The normalized spacial score (nSPS) is 13.8. The van der Waals surface area contributed by atoms with E-state index < -0.39 is 41.1 Å². The van der Waals surface area contributed by atoms with Crippen molar-refractivity contribution < 1.29 is 27.9 Å². The number of hydrogen-bond acceptors (Lipinski definition) is 3. The third-order valence-electron chi connectivity index (χ3n) is 3.01. The molecule has 5 nitrogen and oxygen atoms in total. The number of carboxylic acid groups (broad SMARTS) is 1. The average molecular weight is 314 g/mol. The fraction of sp³-hybridized carbons (Fsp3) is 0.357. The summed E-state index contributed by atoms with van der Waals surface area (Å²) in [5, 5.41) is 19.7. The maximum atomic E-state index is 12.8. The van der Waals surface area contributed by atoms with Gasteiger partial charge in [-0.2, -0.15) is 18.4 Å². The van der Waals surface area contributed by atoms with Gasteiger partial charge in [-0.1, -0.05) is 19.1 Å². The molecule has 0 radical (unpaired) electrons. The minimum atomic E-state index is -4.73. The first-order valence-electron chi connectivity index (χ1n) is 6.25. The quantitative estimate of drug-likeness (QED) is 0.873. The van der Waals surface area contributed by atoms with E-state index in [0.717, 1.165) is 18.2 Å². The topological polar surface area (TPSA) is 90.2 Å². The molecule has 0 fully saturated rings. The van der Waals surface area contributed by atoms with Crippen molar-refractivity contribution in [2.24, 2.45) is 5.92 Å². The molecule has 0 bridgehead atoms. The van der Waals surface area contributed by atoms with Crippen molar-refractivity contribution in [3.63, 3.8) is 0 Å². The van der Waals surface area contributed by atoms with Gasteiger partial charge in [-0.25, -0.2) is 4.79 Å². The molecule has 2 N–H and O–H groups in total. The predicted octanol–water partition coefficient (Wildman–Crippen LogP) is 2.44. The van der Waals surface area contributed by atoms with Gasteiger partial charge >= 0.3 is 12.1 Å². The molecular weight excluding hydrogens is 301 g/mol. The zero-order valence-corrected chi connectivity index (χ0v) is 11.5. The highest BCUT2D eigenvalue weighted by atomic mass is 19.4. The number of carboxylic acids is 1. The number of alkyl halides is 3. The highest BCUT2D eigenvalue weighted by Gasteiger charge is 2.36. The van der Waals surface area contributed by atoms with E-state index in [9.17, 15) is 22.8 Å². The van der Waals surface area contributed by atoms with Crippen LogP contribution in [0, 0.1) is 17.2 Å². The standard InChI is InChI=1S/C14H13F3N2O3/c1-8(6-7-18)11(13(21)22)19-12(20)9-4-2-3-5-10(9)14(15,16)17/h2-5,8,11H,6H2,1H3,(H,19,20)(H,21,22)/t8-,11+/m1/s1. The van der Waals surface area contributed by atoms with E-state index in [1.54, 1.807) is 6.07 Å². The number of nitriles is 1. The van der Waals surface area contributed by atoms with Crippen LogP contribution >= 0.6 is 0 Å². The van der Waals surface area contributed by atoms with Crippen LogP contribution in [0.2, 0.25) is 0 Å². The molecule has 0 heterocycles. The Labute approximate surface area is 124 Å². The van der Waals surface area contributed by atoms with Gasteiger partial charge in [-0.05, 0) is 12.1 Å². The lowest BCUT2D eigenvalue weighted by Gasteiger charge is -2.20. The lowest BCUT2D eigenvalue weighted by Crippen LogP contribution is -2.45. The van der Waals surface area contributed by atoms with Crippen LogP contribution in [0.15, 0.2) is 24.3 Å². The number of carbonyl (C=O) groups excluding carboxylic acids is 1. The second kappa shape index (κ2) is 6.93. The van der Waals surface area contributed by atoms with Crippen molar-refractivity contribution in [3.8, 4) is 6.07 Å². The number of rotatable bonds is 5. The van der Waals surface area contributed by atoms with Crippen LogP contribution in [0.4, 0.5) is 13.2 Å². The summed E-state index contributed by atoms with van der Waals surface area (Å²) in [6.07, 6.45) is -4.89. The molecule has 118 valence electrons. The lowest BCUT2D eigenvalue weighted by molar-refractivity contribution is -0.140. The number of aliphatic carboxylic acids is 1. The number of halogens is 3. The largest absolute Gasteiger partial charge is 0.480 e. The third kappa shape index (κ3) is 4.22. The smallest absolute Gasteiger partial charge is 0.417 e. The Kier molecular flexibility index (Phi) is 5.51. The van der Waals surface area contributed by atoms with Gasteiger partial charge in [0.1, 0.15) is 6.04 Å². The van der Waals surface area contributed by atoms with Crippen LogP contribution in [0.3, 0.4) is 0 Å². The Morgan fingerprint density at radius 3 is 2.45 bits per heavy atom. The summed E-state index contributed by atoms with van der Waals surface area (Å²) >= 11 is 0. The van der Waals surface area contributed by atoms with Crippen molar-refractivity contribution in [1.82, 2.24) is 5.32 Å². The van der Waals surface area contributed by atoms with Crippen LogP contribution < -0.4 is 5.32 Å². The second-order valence-electron chi connectivity index (χ2n) is 4.67. The van der Waals surface area contributed by atoms with Crippen molar-refractivity contribution in [1.29, 1.82) is 5.26 Å². The SMILES string of the molecule is C[C@H](CC#N)[C@H](NC(=O)c1ccccc1C(F)(F)F)C(=O)O. The first-order valence-corrected chi connectivity index (χ1v) is 6.25. The predicted molar refractivity (Wildman–Crippen MR) is 69.7 cm³/mol. The fourth-order valence-electron chi connectivity index (χ4n) is 1.86. The molecule has 0 aromatic heterocycles. The van der Waals surface area contributed by atoms with Gasteiger partial charge in [0.2, 0.25) is 0 Å². The number of amides is 1. The van der Waals surface area contributed by atoms with Crippen molar-refractivity contribution in [2.45, 2.75) is 25.6 Å². The maximum Gasteiger partial charge on any atom is 0.417 e. The van der Waals surface area contributed by atoms with Gasteiger partial charge in [0, 0.05) is 12.3 Å². The highest BCUT2D eigenvalue weighted by molar-refractivity contribution is 5.98. The molecule has 2 atom stereocenters. The maximum absolute atomic E-state index is 12.8. The highest BCUT2D eigenvalue weighted by Crippen LogP contribution is 2.31. The zero-order valence-electron chi connectivity index (χ0n) is 11.5. The molecule has 0 aliphatic carbocycles. The van der Waals surface area contributed by atoms with Gasteiger partial charge in [0.05, 0.1) is 17.2 Å². The molecule has 22 heavy (non-hydrogen) atoms. The molecule has 0 aliphatic heterocycles. The molecule has 0 saturated heterocycles. The summed E-state index contributed by atoms with van der Waals surface area (Å²) in [7, 11) is 0. The summed E-state index contributed by atoms with van der Waals surface area (Å²) in [6.45, 7) is 1.41. The van der Waals surface area contributed by atoms with E-state index in [2.05, 4.69) is 0 Å². The number of carbonyl (C=O) groups is 2. The van der Waals surface area contributed by atoms with Crippen LogP contribution in [-0.2, 0) is 11.0 Å². The third-order valence-corrected chi connectivity index (χ3v) is 3.01. The van der Waals surface area contributed by atoms with Gasteiger partial charge in [-0.3, -0.25) is 4.79 Å². The summed E-state index contributed by atoms with van der Waals surface area (Å²) in [6, 6.07) is 4.39. The molecule has 0 unspecified atom stereocenters. The van der Waals surface area contributed by atoms with Crippen LogP contribution in [0.1, 0.15) is 29.3 Å². The number of hydrogen-bond donors (Lipinski definition) is 2. The molecule has 0 saturated carbocycles. The molecule has 8 heteroatoms. The molecule has 0 spiro atoms. The monoisotopic (exact) mass is 314 g/mol. The van der Waals surface area contributed by atoms with Crippen LogP contribution in [-0.4, -0.2) is 23.0 Å². The summed E-state index contributed by atoms with van der Waals surface area (Å²) in [5.74, 6) is -3.31. The summed E-state index contributed by atoms with van der Waals surface area (Å²) in [4.78, 5) is 23.1. The Morgan fingerprint density at radius 2 is 1.95 bits per heavy atom. The fourth-order valence-corrected chi connectivity index (χ4v) is 1.86. The second-order valence-corrected chi connectivity index (χ2v) is 4.67. The van der Waals surface area contributed by atoms with Gasteiger partial charge in [-0.15, -0.1) is 0 Å². The Hall–Kier alpha value is -2.56. The first kappa shape index (κ1) is 17.5. The number of nitrogens with one attached hydrogen (secondary N) is 1. The Bertz CT molecular complexity index is 608. The molecular formula is C14H13F3N2O3.